The summed E-state index contributed by atoms with van der Waals surface area (Å²) in [5, 5.41) is 0. The second-order valence-electron chi connectivity index (χ2n) is 3.50. The van der Waals surface area contributed by atoms with Crippen molar-refractivity contribution in [2.75, 3.05) is 13.7 Å². The molecule has 0 saturated heterocycles. The topological polar surface area (TPSA) is 35.5 Å². The quantitative estimate of drug-likeness (QED) is 0.711. The first-order valence-electron chi connectivity index (χ1n) is 4.91. The normalized spacial score (nSPS) is 11.9. The predicted molar refractivity (Wildman–Crippen MR) is 57.9 cm³/mol. The standard InChI is InChI=1S/C12H16O3/c1-9-6-4-5-7-11(9)15-8-10(2)12(13)14-3/h4-7,10H,8H2,1-3H3. The average molecular weight is 208 g/mol. The lowest BCUT2D eigenvalue weighted by Gasteiger charge is -2.12. The molecule has 1 rings (SSSR count). The predicted octanol–water partition coefficient (Wildman–Crippen LogP) is 2.18. The van der Waals surface area contributed by atoms with Crippen LogP contribution in [0.25, 0.3) is 0 Å². The monoisotopic (exact) mass is 208 g/mol. The van der Waals surface area contributed by atoms with Crippen molar-refractivity contribution < 1.29 is 14.3 Å². The minimum absolute atomic E-state index is 0.241. The number of hydrogen-bond acceptors (Lipinski definition) is 3. The van der Waals surface area contributed by atoms with E-state index in [4.69, 9.17) is 4.74 Å². The summed E-state index contributed by atoms with van der Waals surface area (Å²) < 4.78 is 10.1. The average Bonchev–Trinajstić information content (AvgIpc) is 2.26. The summed E-state index contributed by atoms with van der Waals surface area (Å²) in [5.74, 6) is 0.325. The molecule has 0 N–H and O–H groups in total. The molecule has 1 unspecified atom stereocenters. The van der Waals surface area contributed by atoms with E-state index in [9.17, 15) is 4.79 Å². The van der Waals surface area contributed by atoms with Crippen molar-refractivity contribution in [3.05, 3.63) is 29.8 Å². The Morgan fingerprint density at radius 3 is 2.67 bits per heavy atom. The van der Waals surface area contributed by atoms with Gasteiger partial charge in [0.05, 0.1) is 13.0 Å². The Balaban J connectivity index is 2.50. The van der Waals surface area contributed by atoms with E-state index in [1.807, 2.05) is 31.2 Å². The SMILES string of the molecule is COC(=O)C(C)COc1ccccc1C. The Bertz CT molecular complexity index is 333. The van der Waals surface area contributed by atoms with Gasteiger partial charge in [-0.3, -0.25) is 4.79 Å². The number of hydrogen-bond donors (Lipinski definition) is 0. The van der Waals surface area contributed by atoms with Gasteiger partial charge < -0.3 is 9.47 Å². The van der Waals surface area contributed by atoms with Gasteiger partial charge in [0, 0.05) is 0 Å². The molecule has 3 heteroatoms. The number of esters is 1. The van der Waals surface area contributed by atoms with E-state index >= 15 is 0 Å². The molecule has 0 radical (unpaired) electrons. The Kier molecular flexibility index (Phi) is 4.16. The molecule has 1 aromatic rings. The van der Waals surface area contributed by atoms with Gasteiger partial charge in [0.1, 0.15) is 12.4 Å². The molecule has 1 atom stereocenters. The third kappa shape index (κ3) is 3.27. The molecule has 0 fully saturated rings. The van der Waals surface area contributed by atoms with Crippen LogP contribution in [0, 0.1) is 12.8 Å². The molecule has 1 aromatic carbocycles. The molecule has 3 nitrogen and oxygen atoms in total. The van der Waals surface area contributed by atoms with Crippen LogP contribution in [0.1, 0.15) is 12.5 Å². The van der Waals surface area contributed by atoms with Gasteiger partial charge in [-0.2, -0.15) is 0 Å². The minimum atomic E-state index is -0.247. The van der Waals surface area contributed by atoms with Gasteiger partial charge in [0.15, 0.2) is 0 Å². The summed E-state index contributed by atoms with van der Waals surface area (Å²) in [6.07, 6.45) is 0. The number of methoxy groups -OCH3 is 1. The Morgan fingerprint density at radius 1 is 1.40 bits per heavy atom. The van der Waals surface area contributed by atoms with Crippen molar-refractivity contribution in [1.29, 1.82) is 0 Å². The Morgan fingerprint density at radius 2 is 2.07 bits per heavy atom. The molecule has 0 bridgehead atoms. The molecule has 0 spiro atoms. The van der Waals surface area contributed by atoms with Crippen LogP contribution < -0.4 is 4.74 Å². The van der Waals surface area contributed by atoms with E-state index in [0.717, 1.165) is 11.3 Å². The maximum atomic E-state index is 11.1. The third-order valence-electron chi connectivity index (χ3n) is 2.19. The number of ether oxygens (including phenoxy) is 2. The van der Waals surface area contributed by atoms with Crippen LogP contribution in [0.2, 0.25) is 0 Å². The lowest BCUT2D eigenvalue weighted by Crippen LogP contribution is -2.20. The van der Waals surface area contributed by atoms with Crippen molar-refractivity contribution in [1.82, 2.24) is 0 Å². The van der Waals surface area contributed by atoms with Crippen LogP contribution in [-0.2, 0) is 9.53 Å². The molecule has 0 aliphatic rings. The van der Waals surface area contributed by atoms with E-state index in [-0.39, 0.29) is 11.9 Å². The number of para-hydroxylation sites is 1. The highest BCUT2D eigenvalue weighted by atomic mass is 16.5. The van der Waals surface area contributed by atoms with E-state index in [1.165, 1.54) is 7.11 Å². The Hall–Kier alpha value is -1.51. The van der Waals surface area contributed by atoms with Crippen LogP contribution in [-0.4, -0.2) is 19.7 Å². The van der Waals surface area contributed by atoms with E-state index in [1.54, 1.807) is 6.92 Å². The highest BCUT2D eigenvalue weighted by molar-refractivity contribution is 5.71. The van der Waals surface area contributed by atoms with E-state index in [0.29, 0.717) is 6.61 Å². The van der Waals surface area contributed by atoms with Crippen LogP contribution in [0.3, 0.4) is 0 Å². The van der Waals surface area contributed by atoms with Crippen LogP contribution in [0.5, 0.6) is 5.75 Å². The smallest absolute Gasteiger partial charge is 0.311 e. The van der Waals surface area contributed by atoms with Gasteiger partial charge in [-0.15, -0.1) is 0 Å². The first-order chi connectivity index (χ1) is 7.15. The number of carbonyl (C=O) groups is 1. The number of benzene rings is 1. The molecule has 0 amide bonds. The van der Waals surface area contributed by atoms with Gasteiger partial charge >= 0.3 is 5.97 Å². The Labute approximate surface area is 90.0 Å². The molecular formula is C12H16O3. The van der Waals surface area contributed by atoms with Gasteiger partial charge in [0.2, 0.25) is 0 Å². The lowest BCUT2D eigenvalue weighted by molar-refractivity contribution is -0.145. The van der Waals surface area contributed by atoms with Crippen molar-refractivity contribution in [3.8, 4) is 5.75 Å². The van der Waals surface area contributed by atoms with Gasteiger partial charge in [0.25, 0.3) is 0 Å². The summed E-state index contributed by atoms with van der Waals surface area (Å²) in [4.78, 5) is 11.1. The zero-order valence-electron chi connectivity index (χ0n) is 9.32. The number of carbonyl (C=O) groups excluding carboxylic acids is 1. The fourth-order valence-corrected chi connectivity index (χ4v) is 1.20. The second kappa shape index (κ2) is 5.39. The molecule has 0 aliphatic carbocycles. The summed E-state index contributed by atoms with van der Waals surface area (Å²) in [7, 11) is 1.38. The van der Waals surface area contributed by atoms with Crippen LogP contribution >= 0.6 is 0 Å². The summed E-state index contributed by atoms with van der Waals surface area (Å²) in [5.41, 5.74) is 1.06. The summed E-state index contributed by atoms with van der Waals surface area (Å²) >= 11 is 0. The van der Waals surface area contributed by atoms with Crippen LogP contribution in [0.4, 0.5) is 0 Å². The summed E-state index contributed by atoms with van der Waals surface area (Å²) in [6, 6.07) is 7.72. The molecular weight excluding hydrogens is 192 g/mol. The largest absolute Gasteiger partial charge is 0.492 e. The van der Waals surface area contributed by atoms with Crippen LogP contribution in [0.15, 0.2) is 24.3 Å². The van der Waals surface area contributed by atoms with Gasteiger partial charge in [-0.25, -0.2) is 0 Å². The maximum Gasteiger partial charge on any atom is 0.311 e. The minimum Gasteiger partial charge on any atom is -0.492 e. The molecule has 0 aromatic heterocycles. The first kappa shape index (κ1) is 11.6. The van der Waals surface area contributed by atoms with Crippen molar-refractivity contribution >= 4 is 5.97 Å². The molecule has 15 heavy (non-hydrogen) atoms. The van der Waals surface area contributed by atoms with Crippen molar-refractivity contribution in [2.24, 2.45) is 5.92 Å². The fraction of sp³-hybridized carbons (Fsp3) is 0.417. The summed E-state index contributed by atoms with van der Waals surface area (Å²) in [6.45, 7) is 4.10. The lowest BCUT2D eigenvalue weighted by atomic mass is 10.2. The van der Waals surface area contributed by atoms with E-state index < -0.39 is 0 Å². The van der Waals surface area contributed by atoms with Gasteiger partial charge in [-0.05, 0) is 25.5 Å². The second-order valence-corrected chi connectivity index (χ2v) is 3.50. The van der Waals surface area contributed by atoms with Crippen molar-refractivity contribution in [2.45, 2.75) is 13.8 Å². The fourth-order valence-electron chi connectivity index (χ4n) is 1.20. The maximum absolute atomic E-state index is 11.1. The molecule has 0 aliphatic heterocycles. The van der Waals surface area contributed by atoms with E-state index in [2.05, 4.69) is 4.74 Å². The van der Waals surface area contributed by atoms with Crippen molar-refractivity contribution in [3.63, 3.8) is 0 Å². The molecule has 0 heterocycles. The molecule has 82 valence electrons. The van der Waals surface area contributed by atoms with Gasteiger partial charge in [-0.1, -0.05) is 18.2 Å². The third-order valence-corrected chi connectivity index (χ3v) is 2.19. The first-order valence-corrected chi connectivity index (χ1v) is 4.91. The number of rotatable bonds is 4. The zero-order chi connectivity index (χ0) is 11.3. The number of aryl methyl sites for hydroxylation is 1. The zero-order valence-corrected chi connectivity index (χ0v) is 9.32. The molecule has 0 saturated carbocycles. The highest BCUT2D eigenvalue weighted by Gasteiger charge is 2.13. The highest BCUT2D eigenvalue weighted by Crippen LogP contribution is 2.17.